The van der Waals surface area contributed by atoms with Crippen molar-refractivity contribution in [3.05, 3.63) is 50.7 Å². The summed E-state index contributed by atoms with van der Waals surface area (Å²) in [5, 5.41) is 9.05. The third kappa shape index (κ3) is 5.87. The van der Waals surface area contributed by atoms with Crippen LogP contribution in [0.2, 0.25) is 0 Å². The van der Waals surface area contributed by atoms with E-state index in [1.54, 1.807) is 0 Å². The average molecular weight is 488 g/mol. The first-order valence-electron chi connectivity index (χ1n) is 11.6. The minimum Gasteiger partial charge on any atom is -0.486 e. The summed E-state index contributed by atoms with van der Waals surface area (Å²) in [6.45, 7) is 13.5. The van der Waals surface area contributed by atoms with Crippen molar-refractivity contribution in [2.75, 3.05) is 20.2 Å². The highest BCUT2D eigenvalue weighted by Crippen LogP contribution is 2.44. The molecule has 1 N–H and O–H groups in total. The number of rotatable bonds is 10. The van der Waals surface area contributed by atoms with Gasteiger partial charge in [-0.15, -0.1) is 11.3 Å². The predicted molar refractivity (Wildman–Crippen MR) is 136 cm³/mol. The summed E-state index contributed by atoms with van der Waals surface area (Å²) >= 11 is 1.44. The molecule has 2 aromatic rings. The second-order valence-corrected chi connectivity index (χ2v) is 11.0. The summed E-state index contributed by atoms with van der Waals surface area (Å²) in [7, 11) is 1.51. The van der Waals surface area contributed by atoms with Crippen molar-refractivity contribution >= 4 is 29.0 Å². The van der Waals surface area contributed by atoms with Gasteiger partial charge in [-0.05, 0) is 55.5 Å². The molecule has 1 heterocycles. The Kier molecular flexibility index (Phi) is 8.70. The van der Waals surface area contributed by atoms with Crippen molar-refractivity contribution in [3.8, 4) is 5.75 Å². The highest BCUT2D eigenvalue weighted by molar-refractivity contribution is 7.14. The van der Waals surface area contributed by atoms with Crippen LogP contribution >= 0.6 is 11.3 Å². The zero-order valence-electron chi connectivity index (χ0n) is 21.6. The molecule has 0 radical (unpaired) electrons. The Morgan fingerprint density at radius 1 is 1.03 bits per heavy atom. The molecule has 0 fully saturated rings. The van der Waals surface area contributed by atoms with Crippen LogP contribution in [0.3, 0.4) is 0 Å². The largest absolute Gasteiger partial charge is 0.486 e. The molecule has 0 atom stereocenters. The second kappa shape index (κ2) is 10.7. The Balaban J connectivity index is 2.40. The molecule has 0 unspecified atom stereocenters. The van der Waals surface area contributed by atoms with E-state index in [2.05, 4.69) is 26.0 Å². The molecule has 0 aliphatic heterocycles. The van der Waals surface area contributed by atoms with Crippen molar-refractivity contribution in [1.29, 1.82) is 0 Å². The van der Waals surface area contributed by atoms with E-state index in [-0.39, 0.29) is 30.3 Å². The Morgan fingerprint density at radius 2 is 1.65 bits per heavy atom. The van der Waals surface area contributed by atoms with Gasteiger partial charge < -0.3 is 14.7 Å². The number of benzene rings is 1. The summed E-state index contributed by atoms with van der Waals surface area (Å²) in [6, 6.07) is 8.14. The molecule has 6 nitrogen and oxygen atoms in total. The number of amides is 1. The Bertz CT molecular complexity index is 1060. The number of aliphatic carboxylic acids is 1. The topological polar surface area (TPSA) is 83.9 Å². The number of ether oxygens (including phenoxy) is 1. The number of carboxylic acids is 1. The van der Waals surface area contributed by atoms with Gasteiger partial charge in [0.05, 0.1) is 4.88 Å². The number of carboxylic acid groups (broad SMARTS) is 1. The number of likely N-dealkylation sites (N-methyl/N-ethyl adjacent to an activating group) is 1. The highest BCUT2D eigenvalue weighted by atomic mass is 32.1. The first-order chi connectivity index (χ1) is 15.8. The predicted octanol–water partition coefficient (Wildman–Crippen LogP) is 5.62. The minimum absolute atomic E-state index is 0.0375. The zero-order chi connectivity index (χ0) is 25.8. The van der Waals surface area contributed by atoms with E-state index in [0.717, 1.165) is 34.4 Å². The number of carbonyl (C=O) groups excluding carboxylic acids is 2. The van der Waals surface area contributed by atoms with Crippen molar-refractivity contribution in [2.24, 2.45) is 5.41 Å². The molecule has 0 aliphatic rings. The summed E-state index contributed by atoms with van der Waals surface area (Å²) in [4.78, 5) is 39.1. The number of carbonyl (C=O) groups is 3. The second-order valence-electron chi connectivity index (χ2n) is 9.91. The van der Waals surface area contributed by atoms with E-state index in [4.69, 9.17) is 9.84 Å². The molecule has 186 valence electrons. The van der Waals surface area contributed by atoms with Crippen LogP contribution in [-0.4, -0.2) is 47.9 Å². The van der Waals surface area contributed by atoms with E-state index in [1.165, 1.54) is 23.3 Å². The maximum Gasteiger partial charge on any atom is 0.323 e. The van der Waals surface area contributed by atoms with Gasteiger partial charge in [-0.3, -0.25) is 14.4 Å². The molecule has 0 saturated carbocycles. The first kappa shape index (κ1) is 27.6. The molecule has 0 bridgehead atoms. The van der Waals surface area contributed by atoms with Crippen LogP contribution in [0.5, 0.6) is 5.75 Å². The van der Waals surface area contributed by atoms with E-state index in [9.17, 15) is 14.4 Å². The van der Waals surface area contributed by atoms with Crippen LogP contribution in [0, 0.1) is 19.3 Å². The standard InChI is InChI=1S/C27H37NO5S/c1-9-27(10-2,22-14-18(4)24(34-22)25(32)28(8)15-23(30)31)19-11-12-20(17(3)13-19)33-16-21(29)26(5,6)7/h11-14H,9-10,15-16H2,1-8H3,(H,30,31). The smallest absolute Gasteiger partial charge is 0.323 e. The molecule has 1 aromatic carbocycles. The third-order valence-corrected chi connectivity index (χ3v) is 7.86. The van der Waals surface area contributed by atoms with Gasteiger partial charge in [-0.1, -0.05) is 46.8 Å². The van der Waals surface area contributed by atoms with Crippen LogP contribution in [0.25, 0.3) is 0 Å². The summed E-state index contributed by atoms with van der Waals surface area (Å²) in [6.07, 6.45) is 1.68. The van der Waals surface area contributed by atoms with Crippen molar-refractivity contribution < 1.29 is 24.2 Å². The number of nitrogens with zero attached hydrogens (tertiary/aromatic N) is 1. The van der Waals surface area contributed by atoms with E-state index in [0.29, 0.717) is 10.6 Å². The lowest BCUT2D eigenvalue weighted by atomic mass is 9.74. The van der Waals surface area contributed by atoms with Crippen molar-refractivity contribution in [3.63, 3.8) is 0 Å². The zero-order valence-corrected chi connectivity index (χ0v) is 22.4. The maximum atomic E-state index is 12.9. The van der Waals surface area contributed by atoms with Crippen LogP contribution in [0.4, 0.5) is 0 Å². The number of thiophene rings is 1. The van der Waals surface area contributed by atoms with Gasteiger partial charge in [0.15, 0.2) is 5.78 Å². The van der Waals surface area contributed by atoms with E-state index in [1.807, 2.05) is 46.8 Å². The fourth-order valence-electron chi connectivity index (χ4n) is 4.00. The van der Waals surface area contributed by atoms with Crippen LogP contribution in [0.15, 0.2) is 24.3 Å². The molecule has 1 aromatic heterocycles. The lowest BCUT2D eigenvalue weighted by Gasteiger charge is -2.32. The first-order valence-corrected chi connectivity index (χ1v) is 12.4. The van der Waals surface area contributed by atoms with Gasteiger partial charge >= 0.3 is 5.97 Å². The Hall–Kier alpha value is -2.67. The normalized spacial score (nSPS) is 11.9. The number of Topliss-reactive ketones (excluding diaryl/α,β-unsaturated/α-hetero) is 1. The Labute approximate surface area is 206 Å². The molecular formula is C27H37NO5S. The third-order valence-electron chi connectivity index (χ3n) is 6.43. The molecule has 2 rings (SSSR count). The van der Waals surface area contributed by atoms with Gasteiger partial charge in [0.1, 0.15) is 18.9 Å². The molecule has 0 saturated heterocycles. The fourth-order valence-corrected chi connectivity index (χ4v) is 5.52. The molecule has 0 spiro atoms. The molecule has 0 aliphatic carbocycles. The SMILES string of the molecule is CCC(CC)(c1ccc(OCC(=O)C(C)(C)C)c(C)c1)c1cc(C)c(C(=O)N(C)CC(=O)O)s1. The number of ketones is 1. The Morgan fingerprint density at radius 3 is 2.15 bits per heavy atom. The number of aryl methyl sites for hydroxylation is 2. The van der Waals surface area contributed by atoms with Gasteiger partial charge in [-0.25, -0.2) is 0 Å². The lowest BCUT2D eigenvalue weighted by Crippen LogP contribution is -2.31. The minimum atomic E-state index is -1.04. The van der Waals surface area contributed by atoms with E-state index < -0.39 is 11.4 Å². The summed E-state index contributed by atoms with van der Waals surface area (Å²) in [5.41, 5.74) is 2.20. The highest BCUT2D eigenvalue weighted by Gasteiger charge is 2.34. The molecule has 34 heavy (non-hydrogen) atoms. The average Bonchev–Trinajstić information content (AvgIpc) is 3.14. The van der Waals surface area contributed by atoms with Crippen LogP contribution in [-0.2, 0) is 15.0 Å². The quantitative estimate of drug-likeness (QED) is 0.470. The number of hydrogen-bond donors (Lipinski definition) is 1. The van der Waals surface area contributed by atoms with Gasteiger partial charge in [0, 0.05) is 22.8 Å². The number of hydrogen-bond acceptors (Lipinski definition) is 5. The maximum absolute atomic E-state index is 12.9. The molecule has 1 amide bonds. The lowest BCUT2D eigenvalue weighted by molar-refractivity contribution is -0.137. The van der Waals surface area contributed by atoms with Crippen molar-refractivity contribution in [1.82, 2.24) is 4.90 Å². The molecular weight excluding hydrogens is 450 g/mol. The van der Waals surface area contributed by atoms with Gasteiger partial charge in [-0.2, -0.15) is 0 Å². The molecule has 7 heteroatoms. The monoisotopic (exact) mass is 487 g/mol. The van der Waals surface area contributed by atoms with Crippen LogP contribution in [0.1, 0.15) is 78.7 Å². The fraction of sp³-hybridized carbons (Fsp3) is 0.519. The van der Waals surface area contributed by atoms with Crippen LogP contribution < -0.4 is 4.74 Å². The van der Waals surface area contributed by atoms with E-state index >= 15 is 0 Å². The summed E-state index contributed by atoms with van der Waals surface area (Å²) in [5.74, 6) is -0.577. The summed E-state index contributed by atoms with van der Waals surface area (Å²) < 4.78 is 5.83. The van der Waals surface area contributed by atoms with Gasteiger partial charge in [0.2, 0.25) is 0 Å². The van der Waals surface area contributed by atoms with Crippen molar-refractivity contribution in [2.45, 2.75) is 66.7 Å². The van der Waals surface area contributed by atoms with Gasteiger partial charge in [0.25, 0.3) is 5.91 Å².